The van der Waals surface area contributed by atoms with Crippen LogP contribution < -0.4 is 0 Å². The Labute approximate surface area is 98.8 Å². The Balaban J connectivity index is 3.61. The van der Waals surface area contributed by atoms with E-state index in [1.54, 1.807) is 0 Å². The normalized spacial score (nSPS) is 11.5. The molecule has 0 aliphatic heterocycles. The first-order valence-electron chi connectivity index (χ1n) is 3.60. The lowest BCUT2D eigenvalue weighted by atomic mass is 10.2. The molecule has 0 aromatic carbocycles. The molecule has 1 heterocycles. The van der Waals surface area contributed by atoms with Crippen LogP contribution in [0.1, 0.15) is 17.7 Å². The van der Waals surface area contributed by atoms with Crippen LogP contribution in [0.2, 0.25) is 5.02 Å². The highest BCUT2D eigenvalue weighted by atomic mass is 35.7. The lowest BCUT2D eigenvalue weighted by Crippen LogP contribution is -2.02. The van der Waals surface area contributed by atoms with E-state index in [4.69, 9.17) is 27.5 Å². The molecule has 0 saturated heterocycles. The highest BCUT2D eigenvalue weighted by Crippen LogP contribution is 2.32. The first-order chi connectivity index (χ1) is 7.29. The van der Waals surface area contributed by atoms with Crippen LogP contribution in [0.25, 0.3) is 0 Å². The van der Waals surface area contributed by atoms with Gasteiger partial charge in [0.25, 0.3) is 15.5 Å². The van der Waals surface area contributed by atoms with Gasteiger partial charge in [-0.2, -0.15) is 5.26 Å². The van der Waals surface area contributed by atoms with Crippen molar-refractivity contribution < 1.29 is 17.2 Å². The fourth-order valence-corrected chi connectivity index (χ4v) is 2.38. The number of halogens is 4. The van der Waals surface area contributed by atoms with E-state index in [-0.39, 0.29) is 0 Å². The van der Waals surface area contributed by atoms with Crippen molar-refractivity contribution in [1.29, 1.82) is 5.26 Å². The third-order valence-corrected chi connectivity index (χ3v) is 3.43. The van der Waals surface area contributed by atoms with Gasteiger partial charge in [-0.15, -0.1) is 0 Å². The van der Waals surface area contributed by atoms with Gasteiger partial charge in [-0.05, 0) is 0 Å². The molecule has 86 valence electrons. The number of rotatable bonds is 2. The molecule has 0 N–H and O–H groups in total. The van der Waals surface area contributed by atoms with Gasteiger partial charge < -0.3 is 0 Å². The van der Waals surface area contributed by atoms with Gasteiger partial charge in [0.15, 0.2) is 0 Å². The molecule has 0 unspecified atom stereocenters. The first kappa shape index (κ1) is 13.1. The monoisotopic (exact) mass is 286 g/mol. The molecule has 0 fully saturated rings. The minimum atomic E-state index is -4.23. The number of alkyl halides is 2. The second kappa shape index (κ2) is 4.49. The molecule has 0 atom stereocenters. The maximum Gasteiger partial charge on any atom is 0.281 e. The molecule has 9 heteroatoms. The predicted molar refractivity (Wildman–Crippen MR) is 52.0 cm³/mol. The summed E-state index contributed by atoms with van der Waals surface area (Å²) in [7, 11) is 0.749. The van der Waals surface area contributed by atoms with Crippen molar-refractivity contribution in [2.24, 2.45) is 0 Å². The van der Waals surface area contributed by atoms with E-state index >= 15 is 0 Å². The van der Waals surface area contributed by atoms with Crippen molar-refractivity contribution in [3.63, 3.8) is 0 Å². The van der Waals surface area contributed by atoms with Crippen LogP contribution in [0, 0.1) is 11.3 Å². The summed E-state index contributed by atoms with van der Waals surface area (Å²) in [5.41, 5.74) is -1.57. The molecular weight excluding hydrogens is 285 g/mol. The molecule has 4 nitrogen and oxygen atoms in total. The van der Waals surface area contributed by atoms with Gasteiger partial charge in [0.05, 0.1) is 10.6 Å². The van der Waals surface area contributed by atoms with Crippen molar-refractivity contribution in [2.75, 3.05) is 0 Å². The molecule has 0 aliphatic carbocycles. The highest BCUT2D eigenvalue weighted by molar-refractivity contribution is 8.13. The number of hydrogen-bond donors (Lipinski definition) is 0. The summed E-state index contributed by atoms with van der Waals surface area (Å²) in [5.74, 6) is 0. The summed E-state index contributed by atoms with van der Waals surface area (Å²) in [6.45, 7) is 0. The van der Waals surface area contributed by atoms with E-state index in [1.165, 1.54) is 6.07 Å². The van der Waals surface area contributed by atoms with Crippen LogP contribution in [-0.4, -0.2) is 13.4 Å². The second-order valence-electron chi connectivity index (χ2n) is 2.55. The highest BCUT2D eigenvalue weighted by Gasteiger charge is 2.24. The average Bonchev–Trinajstić information content (AvgIpc) is 2.14. The van der Waals surface area contributed by atoms with Crippen molar-refractivity contribution in [3.05, 3.63) is 22.5 Å². The molecular formula is C7H2Cl2F2N2O2S. The maximum atomic E-state index is 12.4. The molecule has 1 aromatic heterocycles. The van der Waals surface area contributed by atoms with E-state index in [1.807, 2.05) is 0 Å². The van der Waals surface area contributed by atoms with Gasteiger partial charge in [0.2, 0.25) is 0 Å². The molecule has 0 aliphatic rings. The fraction of sp³-hybridized carbons (Fsp3) is 0.143. The Morgan fingerprint density at radius 2 is 2.06 bits per heavy atom. The average molecular weight is 287 g/mol. The Hall–Kier alpha value is -0.970. The number of aromatic nitrogens is 1. The minimum Gasteiger partial charge on any atom is -0.252 e. The molecule has 0 bridgehead atoms. The molecule has 1 rings (SSSR count). The van der Waals surface area contributed by atoms with Crippen LogP contribution in [0.4, 0.5) is 8.78 Å². The van der Waals surface area contributed by atoms with Gasteiger partial charge in [0, 0.05) is 16.9 Å². The van der Waals surface area contributed by atoms with Crippen LogP contribution in [0.15, 0.2) is 11.1 Å². The zero-order chi connectivity index (χ0) is 12.5. The maximum absolute atomic E-state index is 12.4. The summed E-state index contributed by atoms with van der Waals surface area (Å²) in [6, 6.07) is 1.36. The van der Waals surface area contributed by atoms with Crippen molar-refractivity contribution in [3.8, 4) is 6.07 Å². The molecule has 0 amide bonds. The summed E-state index contributed by atoms with van der Waals surface area (Å²) in [5, 5.41) is 7.94. The molecule has 0 spiro atoms. The Morgan fingerprint density at radius 3 is 2.44 bits per heavy atom. The second-order valence-corrected chi connectivity index (χ2v) is 5.46. The number of hydrogen-bond acceptors (Lipinski definition) is 4. The smallest absolute Gasteiger partial charge is 0.252 e. The van der Waals surface area contributed by atoms with Gasteiger partial charge in [0.1, 0.15) is 16.7 Å². The standard InChI is InChI=1S/C7H2Cl2F2N2O2S/c8-5-3(1-12)6(7(10)11)13-2-4(5)16(9,14)15/h2,7H. The van der Waals surface area contributed by atoms with E-state index in [0.29, 0.717) is 6.20 Å². The number of nitriles is 1. The molecule has 1 aromatic rings. The third-order valence-electron chi connectivity index (χ3n) is 1.59. The van der Waals surface area contributed by atoms with E-state index in [2.05, 4.69) is 4.98 Å². The summed E-state index contributed by atoms with van der Waals surface area (Å²) in [4.78, 5) is 2.49. The van der Waals surface area contributed by atoms with Crippen LogP contribution >= 0.6 is 22.3 Å². The number of nitrogens with zero attached hydrogens (tertiary/aromatic N) is 2. The first-order valence-corrected chi connectivity index (χ1v) is 6.29. The minimum absolute atomic E-state index is 0.590. The zero-order valence-corrected chi connectivity index (χ0v) is 9.61. The SMILES string of the molecule is N#Cc1c(C(F)F)ncc(S(=O)(=O)Cl)c1Cl. The quantitative estimate of drug-likeness (QED) is 0.783. The predicted octanol–water partition coefficient (Wildman–Crippen LogP) is 2.47. The summed E-state index contributed by atoms with van der Waals surface area (Å²) < 4.78 is 46.6. The van der Waals surface area contributed by atoms with E-state index < -0.39 is 36.7 Å². The fourth-order valence-electron chi connectivity index (χ4n) is 0.927. The largest absolute Gasteiger partial charge is 0.281 e. The Morgan fingerprint density at radius 1 is 1.50 bits per heavy atom. The Kier molecular flexibility index (Phi) is 3.68. The zero-order valence-electron chi connectivity index (χ0n) is 7.29. The van der Waals surface area contributed by atoms with E-state index in [0.717, 1.165) is 0 Å². The number of pyridine rings is 1. The van der Waals surface area contributed by atoms with Gasteiger partial charge >= 0.3 is 0 Å². The molecule has 0 saturated carbocycles. The van der Waals surface area contributed by atoms with Gasteiger partial charge in [-0.25, -0.2) is 17.2 Å². The van der Waals surface area contributed by atoms with Crippen molar-refractivity contribution in [1.82, 2.24) is 4.98 Å². The lowest BCUT2D eigenvalue weighted by Gasteiger charge is -2.06. The van der Waals surface area contributed by atoms with Gasteiger partial charge in [-0.1, -0.05) is 11.6 Å². The Bertz CT molecular complexity index is 568. The summed E-state index contributed by atoms with van der Waals surface area (Å²) in [6.07, 6.45) is -2.44. The third kappa shape index (κ3) is 2.40. The topological polar surface area (TPSA) is 70.8 Å². The van der Waals surface area contributed by atoms with Gasteiger partial charge in [-0.3, -0.25) is 4.98 Å². The van der Waals surface area contributed by atoms with Crippen molar-refractivity contribution >= 4 is 31.3 Å². The van der Waals surface area contributed by atoms with E-state index in [9.17, 15) is 17.2 Å². The van der Waals surface area contributed by atoms with Crippen LogP contribution in [0.5, 0.6) is 0 Å². The lowest BCUT2D eigenvalue weighted by molar-refractivity contribution is 0.145. The summed E-state index contributed by atoms with van der Waals surface area (Å²) >= 11 is 5.48. The van der Waals surface area contributed by atoms with Crippen LogP contribution in [0.3, 0.4) is 0 Å². The molecule has 0 radical (unpaired) electrons. The molecule has 16 heavy (non-hydrogen) atoms. The van der Waals surface area contributed by atoms with Crippen LogP contribution in [-0.2, 0) is 9.05 Å². The van der Waals surface area contributed by atoms with Crippen molar-refractivity contribution in [2.45, 2.75) is 11.3 Å².